The van der Waals surface area contributed by atoms with Crippen molar-refractivity contribution in [3.8, 4) is 5.75 Å². The average Bonchev–Trinajstić information content (AvgIpc) is 3.05. The lowest BCUT2D eigenvalue weighted by Crippen LogP contribution is -2.20. The Morgan fingerprint density at radius 2 is 1.81 bits per heavy atom. The van der Waals surface area contributed by atoms with E-state index in [1.807, 2.05) is 24.3 Å². The number of hydrogen-bond donors (Lipinski definition) is 2. The Labute approximate surface area is 160 Å². The van der Waals surface area contributed by atoms with E-state index in [2.05, 4.69) is 41.3 Å². The van der Waals surface area contributed by atoms with Crippen molar-refractivity contribution in [1.82, 2.24) is 4.90 Å². The van der Waals surface area contributed by atoms with E-state index in [-0.39, 0.29) is 12.3 Å². The van der Waals surface area contributed by atoms with Crippen LogP contribution in [0.3, 0.4) is 0 Å². The number of rotatable bonds is 8. The van der Waals surface area contributed by atoms with Crippen molar-refractivity contribution < 1.29 is 15.0 Å². The maximum atomic E-state index is 10.7. The zero-order valence-corrected chi connectivity index (χ0v) is 15.5. The molecule has 0 spiro atoms. The number of benzene rings is 2. The standard InChI is InChI=1S/C23H27NO3/c25-22-13-8-7-12-20(22)21-17-24(15-18-9-3-1-4-10-18)16-19(21)11-5-2-6-14-23(26)27/h1,3-5,7-13,19,21,25H,2,6,14-17H2,(H,26,27)/b11-5-/t19-,21+/m0/s1. The largest absolute Gasteiger partial charge is 0.508 e. The number of para-hydroxylation sites is 1. The number of allylic oxidation sites excluding steroid dienone is 1. The van der Waals surface area contributed by atoms with Crippen molar-refractivity contribution >= 4 is 5.97 Å². The van der Waals surface area contributed by atoms with E-state index in [1.54, 1.807) is 6.07 Å². The third-order valence-electron chi connectivity index (χ3n) is 5.17. The average molecular weight is 365 g/mol. The van der Waals surface area contributed by atoms with Gasteiger partial charge in [-0.05, 0) is 36.0 Å². The summed E-state index contributed by atoms with van der Waals surface area (Å²) in [5, 5.41) is 19.1. The predicted molar refractivity (Wildman–Crippen MR) is 107 cm³/mol. The van der Waals surface area contributed by atoms with E-state index < -0.39 is 5.97 Å². The normalized spacial score (nSPS) is 20.3. The van der Waals surface area contributed by atoms with Crippen molar-refractivity contribution in [3.63, 3.8) is 0 Å². The van der Waals surface area contributed by atoms with E-state index >= 15 is 0 Å². The molecule has 2 N–H and O–H groups in total. The van der Waals surface area contributed by atoms with Crippen molar-refractivity contribution in [2.45, 2.75) is 31.7 Å². The molecule has 3 rings (SSSR count). The zero-order valence-electron chi connectivity index (χ0n) is 15.5. The van der Waals surface area contributed by atoms with Gasteiger partial charge in [0.2, 0.25) is 0 Å². The molecule has 142 valence electrons. The van der Waals surface area contributed by atoms with Gasteiger partial charge < -0.3 is 10.2 Å². The third kappa shape index (κ3) is 5.44. The minimum Gasteiger partial charge on any atom is -0.508 e. The fraction of sp³-hybridized carbons (Fsp3) is 0.348. The van der Waals surface area contributed by atoms with Crippen LogP contribution in [0, 0.1) is 5.92 Å². The highest BCUT2D eigenvalue weighted by molar-refractivity contribution is 5.66. The molecule has 0 bridgehead atoms. The van der Waals surface area contributed by atoms with E-state index in [0.29, 0.717) is 18.1 Å². The molecule has 0 aliphatic carbocycles. The lowest BCUT2D eigenvalue weighted by atomic mass is 9.88. The van der Waals surface area contributed by atoms with Gasteiger partial charge in [0.05, 0.1) is 0 Å². The van der Waals surface area contributed by atoms with Crippen LogP contribution in [-0.2, 0) is 11.3 Å². The Bertz CT molecular complexity index is 772. The fourth-order valence-electron chi connectivity index (χ4n) is 3.85. The second-order valence-corrected chi connectivity index (χ2v) is 7.22. The Kier molecular flexibility index (Phi) is 6.66. The zero-order chi connectivity index (χ0) is 19.1. The van der Waals surface area contributed by atoms with Crippen LogP contribution in [0.25, 0.3) is 0 Å². The first-order valence-electron chi connectivity index (χ1n) is 9.56. The van der Waals surface area contributed by atoms with Crippen LogP contribution < -0.4 is 0 Å². The molecule has 1 heterocycles. The summed E-state index contributed by atoms with van der Waals surface area (Å²) in [5.41, 5.74) is 2.29. The highest BCUT2D eigenvalue weighted by atomic mass is 16.4. The van der Waals surface area contributed by atoms with Crippen LogP contribution in [0.4, 0.5) is 0 Å². The molecule has 1 aliphatic heterocycles. The topological polar surface area (TPSA) is 60.8 Å². The van der Waals surface area contributed by atoms with Crippen LogP contribution >= 0.6 is 0 Å². The SMILES string of the molecule is O=C(O)CCC/C=C\[C@H]1CN(Cc2ccccc2)C[C@H]1c1ccccc1O. The van der Waals surface area contributed by atoms with Gasteiger partial charge in [-0.2, -0.15) is 0 Å². The highest BCUT2D eigenvalue weighted by Gasteiger charge is 2.33. The van der Waals surface area contributed by atoms with Crippen molar-refractivity contribution in [3.05, 3.63) is 77.9 Å². The van der Waals surface area contributed by atoms with Crippen LogP contribution in [-0.4, -0.2) is 34.2 Å². The number of carbonyl (C=O) groups is 1. The van der Waals surface area contributed by atoms with Crippen molar-refractivity contribution in [2.75, 3.05) is 13.1 Å². The summed E-state index contributed by atoms with van der Waals surface area (Å²) in [6.45, 7) is 2.73. The van der Waals surface area contributed by atoms with E-state index in [1.165, 1.54) is 5.56 Å². The first kappa shape index (κ1) is 19.2. The summed E-state index contributed by atoms with van der Waals surface area (Å²) in [5.74, 6) is 0.163. The number of phenolic OH excluding ortho intramolecular Hbond substituents is 1. The molecule has 0 saturated carbocycles. The van der Waals surface area contributed by atoms with Gasteiger partial charge in [0, 0.05) is 32.0 Å². The molecule has 2 atom stereocenters. The molecule has 1 aliphatic rings. The third-order valence-corrected chi connectivity index (χ3v) is 5.17. The summed E-state index contributed by atoms with van der Waals surface area (Å²) >= 11 is 0. The van der Waals surface area contributed by atoms with Gasteiger partial charge in [-0.25, -0.2) is 0 Å². The molecular formula is C23H27NO3. The Morgan fingerprint density at radius 3 is 2.56 bits per heavy atom. The van der Waals surface area contributed by atoms with Gasteiger partial charge in [-0.15, -0.1) is 0 Å². The summed E-state index contributed by atoms with van der Waals surface area (Å²) in [7, 11) is 0. The molecule has 1 saturated heterocycles. The molecule has 1 fully saturated rings. The maximum absolute atomic E-state index is 10.7. The van der Waals surface area contributed by atoms with Gasteiger partial charge in [0.25, 0.3) is 0 Å². The maximum Gasteiger partial charge on any atom is 0.303 e. The van der Waals surface area contributed by atoms with Gasteiger partial charge in [0.15, 0.2) is 0 Å². The molecule has 4 nitrogen and oxygen atoms in total. The summed E-state index contributed by atoms with van der Waals surface area (Å²) in [6, 6.07) is 18.0. The highest BCUT2D eigenvalue weighted by Crippen LogP contribution is 2.38. The Balaban J connectivity index is 1.70. The lowest BCUT2D eigenvalue weighted by Gasteiger charge is -2.17. The van der Waals surface area contributed by atoms with Crippen LogP contribution in [0.1, 0.15) is 36.3 Å². The number of hydrogen-bond acceptors (Lipinski definition) is 3. The lowest BCUT2D eigenvalue weighted by molar-refractivity contribution is -0.137. The Hall–Kier alpha value is -2.59. The number of carboxylic acid groups (broad SMARTS) is 1. The number of phenols is 1. The Morgan fingerprint density at radius 1 is 1.07 bits per heavy atom. The second-order valence-electron chi connectivity index (χ2n) is 7.22. The minimum absolute atomic E-state index is 0.206. The van der Waals surface area contributed by atoms with Gasteiger partial charge in [0.1, 0.15) is 5.75 Å². The number of carboxylic acids is 1. The number of aliphatic carboxylic acids is 1. The summed E-state index contributed by atoms with van der Waals surface area (Å²) in [6.07, 6.45) is 5.96. The molecule has 0 unspecified atom stereocenters. The van der Waals surface area contributed by atoms with Crippen molar-refractivity contribution in [2.24, 2.45) is 5.92 Å². The van der Waals surface area contributed by atoms with E-state index in [9.17, 15) is 9.90 Å². The second kappa shape index (κ2) is 9.38. The summed E-state index contributed by atoms with van der Waals surface area (Å²) < 4.78 is 0. The molecule has 2 aromatic carbocycles. The van der Waals surface area contributed by atoms with E-state index in [4.69, 9.17) is 5.11 Å². The predicted octanol–water partition coefficient (Wildman–Crippen LogP) is 4.42. The molecule has 0 radical (unpaired) electrons. The quantitative estimate of drug-likeness (QED) is 0.537. The first-order chi connectivity index (χ1) is 13.1. The van der Waals surface area contributed by atoms with Crippen LogP contribution in [0.15, 0.2) is 66.7 Å². The van der Waals surface area contributed by atoms with Crippen molar-refractivity contribution in [1.29, 1.82) is 0 Å². The molecule has 0 aromatic heterocycles. The fourth-order valence-corrected chi connectivity index (χ4v) is 3.85. The van der Waals surface area contributed by atoms with Gasteiger partial charge in [-0.3, -0.25) is 9.69 Å². The van der Waals surface area contributed by atoms with E-state index in [0.717, 1.165) is 31.6 Å². The monoisotopic (exact) mass is 365 g/mol. The number of aromatic hydroxyl groups is 1. The molecule has 2 aromatic rings. The number of nitrogens with zero attached hydrogens (tertiary/aromatic N) is 1. The molecule has 4 heteroatoms. The van der Waals surface area contributed by atoms with Crippen LogP contribution in [0.2, 0.25) is 0 Å². The molecular weight excluding hydrogens is 338 g/mol. The number of unbranched alkanes of at least 4 members (excludes halogenated alkanes) is 1. The smallest absolute Gasteiger partial charge is 0.303 e. The van der Waals surface area contributed by atoms with Gasteiger partial charge in [-0.1, -0.05) is 60.7 Å². The molecule has 0 amide bonds. The number of likely N-dealkylation sites (tertiary alicyclic amines) is 1. The van der Waals surface area contributed by atoms with Crippen LogP contribution in [0.5, 0.6) is 5.75 Å². The summed E-state index contributed by atoms with van der Waals surface area (Å²) in [4.78, 5) is 13.1. The first-order valence-corrected chi connectivity index (χ1v) is 9.56. The van der Waals surface area contributed by atoms with Gasteiger partial charge >= 0.3 is 5.97 Å². The minimum atomic E-state index is -0.745. The molecule has 27 heavy (non-hydrogen) atoms.